The number of hydrogen-bond acceptors (Lipinski definition) is 6. The lowest BCUT2D eigenvalue weighted by Gasteiger charge is -2.35. The number of aliphatic hydroxyl groups is 1. The fourth-order valence-electron chi connectivity index (χ4n) is 2.38. The molecule has 0 radical (unpaired) electrons. The van der Waals surface area contributed by atoms with Gasteiger partial charge in [0.1, 0.15) is 0 Å². The van der Waals surface area contributed by atoms with Crippen LogP contribution < -0.4 is 10.6 Å². The Morgan fingerprint density at radius 3 is 2.89 bits per heavy atom. The molecule has 0 saturated heterocycles. The second-order valence-corrected chi connectivity index (χ2v) is 4.96. The number of carbonyl (C=O) groups is 1. The van der Waals surface area contributed by atoms with Crippen molar-refractivity contribution in [3.63, 3.8) is 0 Å². The Labute approximate surface area is 112 Å². The second-order valence-electron chi connectivity index (χ2n) is 4.96. The molecule has 1 aliphatic carbocycles. The summed E-state index contributed by atoms with van der Waals surface area (Å²) >= 11 is 0. The highest BCUT2D eigenvalue weighted by Gasteiger charge is 2.29. The van der Waals surface area contributed by atoms with Gasteiger partial charge >= 0.3 is 5.97 Å². The lowest BCUT2D eigenvalue weighted by molar-refractivity contribution is 0.0464. The van der Waals surface area contributed by atoms with Gasteiger partial charge in [-0.2, -0.15) is 0 Å². The summed E-state index contributed by atoms with van der Waals surface area (Å²) in [6, 6.07) is 1.55. The molecule has 0 aromatic carbocycles. The van der Waals surface area contributed by atoms with Crippen LogP contribution >= 0.6 is 0 Å². The van der Waals surface area contributed by atoms with Gasteiger partial charge in [0.2, 0.25) is 0 Å². The highest BCUT2D eigenvalue weighted by molar-refractivity contribution is 5.97. The standard InChI is InChI=1S/C13H19N3O3/c1-16(7-8-5-9(17)6-8)12-11(14)10(3-4-15-12)13(18)19-2/h3-4,8-9,17H,5-7,14H2,1-2H3. The number of nitrogens with zero attached hydrogens (tertiary/aromatic N) is 2. The quantitative estimate of drug-likeness (QED) is 0.777. The number of pyridine rings is 1. The molecule has 1 saturated carbocycles. The van der Waals surface area contributed by atoms with Crippen molar-refractivity contribution in [2.75, 3.05) is 31.3 Å². The van der Waals surface area contributed by atoms with Crippen molar-refractivity contribution in [3.8, 4) is 0 Å². The number of carbonyl (C=O) groups excluding carboxylic acids is 1. The average Bonchev–Trinajstić information content (AvgIpc) is 2.36. The molecule has 0 bridgehead atoms. The molecule has 0 aliphatic heterocycles. The highest BCUT2D eigenvalue weighted by atomic mass is 16.5. The summed E-state index contributed by atoms with van der Waals surface area (Å²) in [6.07, 6.45) is 2.98. The van der Waals surface area contributed by atoms with Gasteiger partial charge in [-0.05, 0) is 24.8 Å². The van der Waals surface area contributed by atoms with Gasteiger partial charge < -0.3 is 20.5 Å². The van der Waals surface area contributed by atoms with Crippen molar-refractivity contribution in [1.82, 2.24) is 4.98 Å². The fraction of sp³-hybridized carbons (Fsp3) is 0.538. The summed E-state index contributed by atoms with van der Waals surface area (Å²) in [7, 11) is 3.20. The van der Waals surface area contributed by atoms with Crippen molar-refractivity contribution in [2.24, 2.45) is 5.92 Å². The molecule has 1 aromatic heterocycles. The maximum Gasteiger partial charge on any atom is 0.340 e. The third kappa shape index (κ3) is 2.78. The van der Waals surface area contributed by atoms with E-state index in [0.717, 1.165) is 19.4 Å². The van der Waals surface area contributed by atoms with Gasteiger partial charge in [0.25, 0.3) is 0 Å². The zero-order valence-electron chi connectivity index (χ0n) is 11.2. The van der Waals surface area contributed by atoms with E-state index < -0.39 is 5.97 Å². The van der Waals surface area contributed by atoms with Crippen molar-refractivity contribution >= 4 is 17.5 Å². The lowest BCUT2D eigenvalue weighted by Crippen LogP contribution is -2.37. The predicted octanol–water partition coefficient (Wildman–Crippen LogP) is 0.657. The van der Waals surface area contributed by atoms with Gasteiger partial charge in [-0.3, -0.25) is 0 Å². The molecule has 1 heterocycles. The van der Waals surface area contributed by atoms with E-state index in [4.69, 9.17) is 5.73 Å². The zero-order chi connectivity index (χ0) is 14.0. The average molecular weight is 265 g/mol. The number of hydrogen-bond donors (Lipinski definition) is 2. The first-order valence-electron chi connectivity index (χ1n) is 6.25. The first kappa shape index (κ1) is 13.6. The molecule has 3 N–H and O–H groups in total. The maximum absolute atomic E-state index is 11.6. The number of nitrogen functional groups attached to an aromatic ring is 1. The monoisotopic (exact) mass is 265 g/mol. The largest absolute Gasteiger partial charge is 0.465 e. The number of aliphatic hydroxyl groups excluding tert-OH is 1. The molecule has 1 aromatic rings. The van der Waals surface area contributed by atoms with Crippen molar-refractivity contribution in [1.29, 1.82) is 0 Å². The van der Waals surface area contributed by atoms with Crippen LogP contribution in [0.5, 0.6) is 0 Å². The van der Waals surface area contributed by atoms with Gasteiger partial charge in [-0.25, -0.2) is 9.78 Å². The fourth-order valence-corrected chi connectivity index (χ4v) is 2.38. The third-order valence-electron chi connectivity index (χ3n) is 3.48. The van der Waals surface area contributed by atoms with E-state index in [1.54, 1.807) is 12.3 Å². The van der Waals surface area contributed by atoms with E-state index in [1.807, 2.05) is 11.9 Å². The van der Waals surface area contributed by atoms with Crippen LogP contribution in [0, 0.1) is 5.92 Å². The van der Waals surface area contributed by atoms with Gasteiger partial charge in [0, 0.05) is 19.8 Å². The second kappa shape index (κ2) is 5.44. The summed E-state index contributed by atoms with van der Waals surface area (Å²) in [5.41, 5.74) is 6.63. The van der Waals surface area contributed by atoms with Crippen LogP contribution in [0.25, 0.3) is 0 Å². The van der Waals surface area contributed by atoms with Crippen molar-refractivity contribution < 1.29 is 14.6 Å². The van der Waals surface area contributed by atoms with E-state index >= 15 is 0 Å². The van der Waals surface area contributed by atoms with Crippen LogP contribution in [-0.2, 0) is 4.74 Å². The van der Waals surface area contributed by atoms with Crippen LogP contribution in [0.4, 0.5) is 11.5 Å². The molecule has 0 atom stereocenters. The van der Waals surface area contributed by atoms with Gasteiger partial charge in [0.05, 0.1) is 24.5 Å². The van der Waals surface area contributed by atoms with Crippen molar-refractivity contribution in [2.45, 2.75) is 18.9 Å². The molecule has 104 valence electrons. The molecule has 19 heavy (non-hydrogen) atoms. The molecule has 6 nitrogen and oxygen atoms in total. The minimum Gasteiger partial charge on any atom is -0.465 e. The topological polar surface area (TPSA) is 88.7 Å². The number of aromatic nitrogens is 1. The highest BCUT2D eigenvalue weighted by Crippen LogP contribution is 2.30. The summed E-state index contributed by atoms with van der Waals surface area (Å²) < 4.78 is 4.68. The molecular formula is C13H19N3O3. The van der Waals surface area contributed by atoms with Gasteiger partial charge in [-0.15, -0.1) is 0 Å². The number of nitrogens with two attached hydrogens (primary N) is 1. The maximum atomic E-state index is 11.6. The Bertz CT molecular complexity index is 472. The van der Waals surface area contributed by atoms with Crippen LogP contribution in [0.1, 0.15) is 23.2 Å². The van der Waals surface area contributed by atoms with E-state index in [-0.39, 0.29) is 6.10 Å². The molecular weight excluding hydrogens is 246 g/mol. The predicted molar refractivity (Wildman–Crippen MR) is 72.0 cm³/mol. The summed E-state index contributed by atoms with van der Waals surface area (Å²) in [4.78, 5) is 17.7. The number of anilines is 2. The van der Waals surface area contributed by atoms with E-state index in [2.05, 4.69) is 9.72 Å². The molecule has 0 amide bonds. The molecule has 0 spiro atoms. The zero-order valence-corrected chi connectivity index (χ0v) is 11.2. The Hall–Kier alpha value is -1.82. The number of rotatable bonds is 4. The van der Waals surface area contributed by atoms with Crippen LogP contribution in [0.15, 0.2) is 12.3 Å². The first-order chi connectivity index (χ1) is 9.02. The van der Waals surface area contributed by atoms with Gasteiger partial charge in [-0.1, -0.05) is 0 Å². The molecule has 6 heteroatoms. The molecule has 1 fully saturated rings. The number of methoxy groups -OCH3 is 1. The van der Waals surface area contributed by atoms with E-state index in [0.29, 0.717) is 23.0 Å². The van der Waals surface area contributed by atoms with Gasteiger partial charge in [0.15, 0.2) is 5.82 Å². The first-order valence-corrected chi connectivity index (χ1v) is 6.25. The number of esters is 1. The third-order valence-corrected chi connectivity index (χ3v) is 3.48. The molecule has 0 unspecified atom stereocenters. The van der Waals surface area contributed by atoms with Crippen LogP contribution in [0.3, 0.4) is 0 Å². The van der Waals surface area contributed by atoms with E-state index in [9.17, 15) is 9.90 Å². The van der Waals surface area contributed by atoms with Crippen molar-refractivity contribution in [3.05, 3.63) is 17.8 Å². The Balaban J connectivity index is 2.13. The summed E-state index contributed by atoms with van der Waals surface area (Å²) in [6.45, 7) is 0.763. The Morgan fingerprint density at radius 2 is 2.32 bits per heavy atom. The van der Waals surface area contributed by atoms with E-state index in [1.165, 1.54) is 7.11 Å². The Kier molecular flexibility index (Phi) is 3.90. The minimum absolute atomic E-state index is 0.176. The SMILES string of the molecule is COC(=O)c1ccnc(N(C)CC2CC(O)C2)c1N. The molecule has 2 rings (SSSR count). The minimum atomic E-state index is -0.464. The smallest absolute Gasteiger partial charge is 0.340 e. The summed E-state index contributed by atoms with van der Waals surface area (Å²) in [5.74, 6) is 0.556. The van der Waals surface area contributed by atoms with Crippen LogP contribution in [-0.4, -0.2) is 42.9 Å². The summed E-state index contributed by atoms with van der Waals surface area (Å²) in [5, 5.41) is 9.29. The lowest BCUT2D eigenvalue weighted by atomic mass is 9.82. The normalized spacial score (nSPS) is 21.6. The number of ether oxygens (including phenoxy) is 1. The van der Waals surface area contributed by atoms with Crippen LogP contribution in [0.2, 0.25) is 0 Å². The Morgan fingerprint density at radius 1 is 1.63 bits per heavy atom. The molecule has 1 aliphatic rings.